The van der Waals surface area contributed by atoms with Gasteiger partial charge in [-0.3, -0.25) is 0 Å². The van der Waals surface area contributed by atoms with Gasteiger partial charge in [0.25, 0.3) is 0 Å². The van der Waals surface area contributed by atoms with Crippen LogP contribution in [0.2, 0.25) is 5.02 Å². The highest BCUT2D eigenvalue weighted by molar-refractivity contribution is 7.99. The Morgan fingerprint density at radius 3 is 2.50 bits per heavy atom. The zero-order chi connectivity index (χ0) is 24.6. The Kier molecular flexibility index (Phi) is 7.08. The summed E-state index contributed by atoms with van der Waals surface area (Å²) in [6.45, 7) is -0.593. The summed E-state index contributed by atoms with van der Waals surface area (Å²) in [4.78, 5) is 4.35. The number of halogens is 4. The third-order valence-corrected chi connectivity index (χ3v) is 6.52. The smallest absolute Gasteiger partial charge is 0.194 e. The SMILES string of the molecule is N#Cc1ncc(S[C@H]2OC(CO)[C@H](O)C(n3cc(-c4cc(F)c(F)c(F)c4)nn3)C2O)cc1Cl. The summed E-state index contributed by atoms with van der Waals surface area (Å²) in [6.07, 6.45) is -1.40. The van der Waals surface area contributed by atoms with Crippen LogP contribution in [0.25, 0.3) is 11.3 Å². The van der Waals surface area contributed by atoms with E-state index in [-0.39, 0.29) is 22.0 Å². The maximum absolute atomic E-state index is 13.6. The van der Waals surface area contributed by atoms with E-state index in [0.29, 0.717) is 4.90 Å². The number of rotatable bonds is 5. The van der Waals surface area contributed by atoms with Crippen LogP contribution in [0.1, 0.15) is 11.7 Å². The van der Waals surface area contributed by atoms with E-state index < -0.39 is 53.8 Å². The lowest BCUT2D eigenvalue weighted by Crippen LogP contribution is -2.55. The minimum absolute atomic E-state index is 0.0153. The highest BCUT2D eigenvalue weighted by Crippen LogP contribution is 2.38. The molecule has 3 aromatic rings. The van der Waals surface area contributed by atoms with Crippen LogP contribution in [0.4, 0.5) is 13.2 Å². The van der Waals surface area contributed by atoms with Gasteiger partial charge in [0.1, 0.15) is 41.6 Å². The van der Waals surface area contributed by atoms with Crippen molar-refractivity contribution < 1.29 is 33.2 Å². The van der Waals surface area contributed by atoms with Crippen molar-refractivity contribution in [3.8, 4) is 17.3 Å². The Morgan fingerprint density at radius 1 is 1.18 bits per heavy atom. The number of aliphatic hydroxyl groups is 3. The van der Waals surface area contributed by atoms with Gasteiger partial charge in [-0.15, -0.1) is 5.10 Å². The van der Waals surface area contributed by atoms with Gasteiger partial charge in [-0.1, -0.05) is 28.6 Å². The normalized spacial score (nSPS) is 24.7. The number of thioether (sulfide) groups is 1. The van der Waals surface area contributed by atoms with Crippen LogP contribution in [0, 0.1) is 28.8 Å². The Balaban J connectivity index is 1.63. The van der Waals surface area contributed by atoms with E-state index >= 15 is 0 Å². The number of nitrogens with zero attached hydrogens (tertiary/aromatic N) is 5. The van der Waals surface area contributed by atoms with Crippen molar-refractivity contribution in [2.45, 2.75) is 34.7 Å². The number of hydrogen-bond acceptors (Lipinski definition) is 9. The fraction of sp³-hybridized carbons (Fsp3) is 0.300. The molecule has 1 aliphatic heterocycles. The van der Waals surface area contributed by atoms with E-state index in [4.69, 9.17) is 21.6 Å². The second-order valence-electron chi connectivity index (χ2n) is 7.27. The molecule has 0 aliphatic carbocycles. The molecule has 9 nitrogen and oxygen atoms in total. The first-order chi connectivity index (χ1) is 16.2. The number of pyridine rings is 1. The molecule has 3 N–H and O–H groups in total. The van der Waals surface area contributed by atoms with Crippen LogP contribution < -0.4 is 0 Å². The van der Waals surface area contributed by atoms with Crippen molar-refractivity contribution in [2.24, 2.45) is 0 Å². The van der Waals surface area contributed by atoms with E-state index in [2.05, 4.69) is 15.3 Å². The van der Waals surface area contributed by atoms with Crippen LogP contribution in [-0.2, 0) is 4.74 Å². The van der Waals surface area contributed by atoms with E-state index in [9.17, 15) is 28.5 Å². The summed E-state index contributed by atoms with van der Waals surface area (Å²) in [5.74, 6) is -4.46. The largest absolute Gasteiger partial charge is 0.394 e. The van der Waals surface area contributed by atoms with Gasteiger partial charge >= 0.3 is 0 Å². The molecule has 3 unspecified atom stereocenters. The maximum Gasteiger partial charge on any atom is 0.194 e. The summed E-state index contributed by atoms with van der Waals surface area (Å²) in [7, 11) is 0. The van der Waals surface area contributed by atoms with Crippen molar-refractivity contribution in [3.63, 3.8) is 0 Å². The molecule has 4 rings (SSSR count). The third kappa shape index (κ3) is 4.61. The number of hydrogen-bond donors (Lipinski definition) is 3. The summed E-state index contributed by atoms with van der Waals surface area (Å²) in [5.41, 5.74) is -1.18. The molecule has 2 aromatic heterocycles. The van der Waals surface area contributed by atoms with Gasteiger partial charge in [0.05, 0.1) is 17.8 Å². The molecule has 5 atom stereocenters. The Labute approximate surface area is 199 Å². The first-order valence-electron chi connectivity index (χ1n) is 9.65. The minimum atomic E-state index is -1.63. The minimum Gasteiger partial charge on any atom is -0.394 e. The number of ether oxygens (including phenoxy) is 1. The quantitative estimate of drug-likeness (QED) is 0.438. The average Bonchev–Trinajstić information content (AvgIpc) is 3.29. The van der Waals surface area contributed by atoms with Gasteiger partial charge < -0.3 is 20.1 Å². The van der Waals surface area contributed by atoms with Crippen LogP contribution in [0.15, 0.2) is 35.5 Å². The van der Waals surface area contributed by atoms with Gasteiger partial charge in [0, 0.05) is 16.7 Å². The molecule has 3 heterocycles. The molecule has 0 radical (unpaired) electrons. The van der Waals surface area contributed by atoms with Crippen molar-refractivity contribution in [2.75, 3.05) is 6.61 Å². The zero-order valence-electron chi connectivity index (χ0n) is 16.9. The van der Waals surface area contributed by atoms with Gasteiger partial charge in [0.2, 0.25) is 0 Å². The Bertz CT molecular complexity index is 1240. The lowest BCUT2D eigenvalue weighted by molar-refractivity contribution is -0.178. The number of aliphatic hydroxyl groups excluding tert-OH is 3. The Morgan fingerprint density at radius 2 is 1.88 bits per heavy atom. The van der Waals surface area contributed by atoms with Crippen LogP contribution in [0.3, 0.4) is 0 Å². The zero-order valence-corrected chi connectivity index (χ0v) is 18.5. The van der Waals surface area contributed by atoms with Gasteiger partial charge in [-0.05, 0) is 18.2 Å². The van der Waals surface area contributed by atoms with Crippen molar-refractivity contribution in [1.82, 2.24) is 20.0 Å². The molecule has 0 saturated carbocycles. The summed E-state index contributed by atoms with van der Waals surface area (Å²) >= 11 is 6.98. The molecule has 0 bridgehead atoms. The fourth-order valence-electron chi connectivity index (χ4n) is 3.44. The van der Waals surface area contributed by atoms with Crippen molar-refractivity contribution in [3.05, 3.63) is 58.8 Å². The molecular formula is C20H15ClF3N5O4S. The van der Waals surface area contributed by atoms with Crippen LogP contribution in [-0.4, -0.2) is 65.7 Å². The lowest BCUT2D eigenvalue weighted by Gasteiger charge is -2.41. The lowest BCUT2D eigenvalue weighted by atomic mass is 9.97. The van der Waals surface area contributed by atoms with Crippen LogP contribution >= 0.6 is 23.4 Å². The highest BCUT2D eigenvalue weighted by Gasteiger charge is 2.46. The molecule has 1 aromatic carbocycles. The van der Waals surface area contributed by atoms with E-state index in [1.54, 1.807) is 0 Å². The number of benzene rings is 1. The van der Waals surface area contributed by atoms with E-state index in [1.165, 1.54) is 18.5 Å². The molecule has 0 spiro atoms. The van der Waals surface area contributed by atoms with Gasteiger partial charge in [-0.25, -0.2) is 22.8 Å². The number of aromatic nitrogens is 4. The van der Waals surface area contributed by atoms with E-state index in [0.717, 1.165) is 28.6 Å². The molecule has 178 valence electrons. The number of nitriles is 1. The molecular weight excluding hydrogens is 499 g/mol. The summed E-state index contributed by atoms with van der Waals surface area (Å²) < 4.78 is 47.2. The fourth-order valence-corrected chi connectivity index (χ4v) is 4.78. The predicted molar refractivity (Wildman–Crippen MR) is 112 cm³/mol. The molecule has 1 aliphatic rings. The summed E-state index contributed by atoms with van der Waals surface area (Å²) in [5, 5.41) is 48.0. The van der Waals surface area contributed by atoms with Crippen molar-refractivity contribution in [1.29, 1.82) is 5.26 Å². The topological polar surface area (TPSA) is 137 Å². The first-order valence-corrected chi connectivity index (χ1v) is 10.9. The van der Waals surface area contributed by atoms with E-state index in [1.807, 2.05) is 6.07 Å². The average molecular weight is 514 g/mol. The molecule has 14 heteroatoms. The standard InChI is InChI=1S/C20H15ClF3N5O4S/c21-10-3-9(5-26-13(10)4-25)34-20-19(32)17(18(31)15(7-30)33-20)29-6-14(27-28-29)8-1-11(22)16(24)12(23)2-8/h1-3,5-6,15,17-20,30-32H,7H2/t15?,17?,18-,19?,20+/m0/s1. The van der Waals surface area contributed by atoms with Gasteiger partial charge in [-0.2, -0.15) is 5.26 Å². The van der Waals surface area contributed by atoms with Crippen LogP contribution in [0.5, 0.6) is 0 Å². The Hall–Kier alpha value is -2.73. The molecule has 1 fully saturated rings. The van der Waals surface area contributed by atoms with Gasteiger partial charge in [0.15, 0.2) is 23.1 Å². The van der Waals surface area contributed by atoms with Crippen molar-refractivity contribution >= 4 is 23.4 Å². The second-order valence-corrected chi connectivity index (χ2v) is 8.84. The highest BCUT2D eigenvalue weighted by atomic mass is 35.5. The molecule has 34 heavy (non-hydrogen) atoms. The first kappa shape index (κ1) is 24.4. The molecule has 0 amide bonds. The second kappa shape index (κ2) is 9.87. The third-order valence-electron chi connectivity index (χ3n) is 5.12. The monoisotopic (exact) mass is 513 g/mol. The summed E-state index contributed by atoms with van der Waals surface area (Å²) in [6, 6.07) is 3.57. The predicted octanol–water partition coefficient (Wildman–Crippen LogP) is 2.05. The maximum atomic E-state index is 13.6. The molecule has 1 saturated heterocycles.